The van der Waals surface area contributed by atoms with Crippen molar-refractivity contribution in [1.82, 2.24) is 25.9 Å². The predicted molar refractivity (Wildman–Crippen MR) is 157 cm³/mol. The molecule has 0 radical (unpaired) electrons. The van der Waals surface area contributed by atoms with Gasteiger partial charge in [-0.25, -0.2) is 9.78 Å². The van der Waals surface area contributed by atoms with Gasteiger partial charge in [0, 0.05) is 24.7 Å². The lowest BCUT2D eigenvalue weighted by molar-refractivity contribution is -0.142. The Hall–Kier alpha value is -4.91. The fraction of sp³-hybridized carbons (Fsp3) is 0.367. The number of phenolic OH excluding ortho intramolecular Hbond substituents is 2. The summed E-state index contributed by atoms with van der Waals surface area (Å²) in [7, 11) is 0. The molecule has 1 aromatic heterocycles. The number of aromatic amines is 1. The van der Waals surface area contributed by atoms with Gasteiger partial charge in [0.15, 0.2) is 0 Å². The average Bonchev–Trinajstić information content (AvgIpc) is 3.50. The van der Waals surface area contributed by atoms with Crippen molar-refractivity contribution in [1.29, 1.82) is 0 Å². The highest BCUT2D eigenvalue weighted by atomic mass is 16.4. The zero-order valence-electron chi connectivity index (χ0n) is 24.0. The van der Waals surface area contributed by atoms with E-state index in [1.165, 1.54) is 36.8 Å². The van der Waals surface area contributed by atoms with E-state index in [0.717, 1.165) is 0 Å². The van der Waals surface area contributed by atoms with E-state index in [4.69, 9.17) is 5.73 Å². The molecule has 43 heavy (non-hydrogen) atoms. The summed E-state index contributed by atoms with van der Waals surface area (Å²) in [5.41, 5.74) is 7.98. The molecule has 0 saturated heterocycles. The largest absolute Gasteiger partial charge is 0.508 e. The third-order valence-electron chi connectivity index (χ3n) is 7.12. The molecule has 0 aliphatic rings. The molecule has 1 heterocycles. The normalized spacial score (nSPS) is 14.5. The van der Waals surface area contributed by atoms with E-state index in [1.54, 1.807) is 31.2 Å². The van der Waals surface area contributed by atoms with Crippen LogP contribution in [0.3, 0.4) is 0 Å². The van der Waals surface area contributed by atoms with Crippen molar-refractivity contribution in [2.75, 3.05) is 0 Å². The summed E-state index contributed by atoms with van der Waals surface area (Å²) in [5.74, 6) is -3.50. The quantitative estimate of drug-likeness (QED) is 0.124. The van der Waals surface area contributed by atoms with Crippen molar-refractivity contribution in [3.8, 4) is 11.5 Å². The van der Waals surface area contributed by atoms with E-state index in [1.807, 2.05) is 6.92 Å². The summed E-state index contributed by atoms with van der Waals surface area (Å²) in [6.45, 7) is 3.57. The molecule has 5 atom stereocenters. The van der Waals surface area contributed by atoms with Crippen LogP contribution in [0.25, 0.3) is 0 Å². The summed E-state index contributed by atoms with van der Waals surface area (Å²) >= 11 is 0. The Morgan fingerprint density at radius 3 is 1.88 bits per heavy atom. The SMILES string of the molecule is CCC(C)C(NC(=O)C(Cc1ccc(O)cc1)NC(=O)C(N)Cc1ccc(O)cc1)C(=O)NC(Cc1cnc[nH]1)C(=O)O. The summed E-state index contributed by atoms with van der Waals surface area (Å²) < 4.78 is 0. The van der Waals surface area contributed by atoms with E-state index < -0.39 is 47.9 Å². The third-order valence-corrected chi connectivity index (χ3v) is 7.12. The van der Waals surface area contributed by atoms with Crippen LogP contribution in [0.15, 0.2) is 61.1 Å². The number of aromatic hydroxyl groups is 2. The Kier molecular flexibility index (Phi) is 11.6. The monoisotopic (exact) mass is 594 g/mol. The van der Waals surface area contributed by atoms with Crippen LogP contribution in [0, 0.1) is 5.92 Å². The van der Waals surface area contributed by atoms with Crippen molar-refractivity contribution >= 4 is 23.7 Å². The van der Waals surface area contributed by atoms with E-state index in [2.05, 4.69) is 25.9 Å². The second kappa shape index (κ2) is 15.4. The predicted octanol–water partition coefficient (Wildman–Crippen LogP) is 0.761. The molecule has 3 amide bonds. The first-order valence-electron chi connectivity index (χ1n) is 13.9. The number of nitrogens with zero attached hydrogens (tertiary/aromatic N) is 1. The smallest absolute Gasteiger partial charge is 0.326 e. The Labute approximate surface area is 248 Å². The number of amides is 3. The van der Waals surface area contributed by atoms with Crippen molar-refractivity contribution in [2.24, 2.45) is 11.7 Å². The van der Waals surface area contributed by atoms with Crippen LogP contribution in [0.1, 0.15) is 37.1 Å². The number of hydrogen-bond acceptors (Lipinski definition) is 8. The first kappa shape index (κ1) is 32.6. The van der Waals surface area contributed by atoms with Gasteiger partial charge >= 0.3 is 5.97 Å². The second-order valence-electron chi connectivity index (χ2n) is 10.5. The van der Waals surface area contributed by atoms with Gasteiger partial charge in [0.25, 0.3) is 0 Å². The zero-order chi connectivity index (χ0) is 31.5. The number of benzene rings is 2. The highest BCUT2D eigenvalue weighted by Gasteiger charge is 2.33. The van der Waals surface area contributed by atoms with Gasteiger partial charge in [0.2, 0.25) is 17.7 Å². The highest BCUT2D eigenvalue weighted by molar-refractivity contribution is 5.94. The minimum Gasteiger partial charge on any atom is -0.508 e. The number of carboxylic acid groups (broad SMARTS) is 1. The number of carboxylic acids is 1. The van der Waals surface area contributed by atoms with Crippen LogP contribution in [-0.4, -0.2) is 73.1 Å². The molecule has 3 aromatic rings. The third kappa shape index (κ3) is 9.85. The summed E-state index contributed by atoms with van der Waals surface area (Å²) in [6.07, 6.45) is 3.47. The van der Waals surface area contributed by atoms with E-state index in [-0.39, 0.29) is 36.7 Å². The standard InChI is InChI=1S/C30H38N6O7/c1-3-17(2)26(29(41)35-25(30(42)43)14-20-15-32-16-33-20)36-28(40)24(13-19-6-10-22(38)11-7-19)34-27(39)23(31)12-18-4-8-21(37)9-5-18/h4-11,15-17,23-26,37-38H,3,12-14,31H2,1-2H3,(H,32,33)(H,34,39)(H,35,41)(H,36,40)(H,42,43). The molecule has 230 valence electrons. The fourth-order valence-corrected chi connectivity index (χ4v) is 4.37. The first-order valence-corrected chi connectivity index (χ1v) is 13.9. The Morgan fingerprint density at radius 1 is 0.814 bits per heavy atom. The molecule has 3 rings (SSSR count). The molecule has 13 heteroatoms. The van der Waals surface area contributed by atoms with Crippen LogP contribution >= 0.6 is 0 Å². The number of carbonyl (C=O) groups is 4. The van der Waals surface area contributed by atoms with Gasteiger partial charge in [0.1, 0.15) is 29.6 Å². The molecule has 2 aromatic carbocycles. The summed E-state index contributed by atoms with van der Waals surface area (Å²) in [5, 5.41) is 36.8. The highest BCUT2D eigenvalue weighted by Crippen LogP contribution is 2.15. The van der Waals surface area contributed by atoms with Gasteiger partial charge in [-0.15, -0.1) is 0 Å². The molecule has 0 aliphatic heterocycles. The molecule has 13 nitrogen and oxygen atoms in total. The number of aromatic nitrogens is 2. The van der Waals surface area contributed by atoms with Crippen LogP contribution in [0.5, 0.6) is 11.5 Å². The van der Waals surface area contributed by atoms with E-state index in [9.17, 15) is 34.5 Å². The van der Waals surface area contributed by atoms with Gasteiger partial charge in [-0.1, -0.05) is 44.5 Å². The maximum atomic E-state index is 13.6. The van der Waals surface area contributed by atoms with E-state index >= 15 is 0 Å². The Bertz CT molecular complexity index is 1360. The lowest BCUT2D eigenvalue weighted by Crippen LogP contribution is -2.59. The van der Waals surface area contributed by atoms with Gasteiger partial charge in [0.05, 0.1) is 12.4 Å². The summed E-state index contributed by atoms with van der Waals surface area (Å²) in [4.78, 5) is 58.6. The molecular formula is C30H38N6O7. The summed E-state index contributed by atoms with van der Waals surface area (Å²) in [6, 6.07) is 7.77. The number of imidazole rings is 1. The molecule has 0 spiro atoms. The average molecular weight is 595 g/mol. The number of nitrogens with one attached hydrogen (secondary N) is 4. The number of rotatable bonds is 15. The topological polar surface area (TPSA) is 220 Å². The maximum Gasteiger partial charge on any atom is 0.326 e. The number of aliphatic carboxylic acids is 1. The Balaban J connectivity index is 1.78. The van der Waals surface area contributed by atoms with Crippen LogP contribution in [0.4, 0.5) is 0 Å². The Morgan fingerprint density at radius 2 is 1.37 bits per heavy atom. The first-order chi connectivity index (χ1) is 20.5. The second-order valence-corrected chi connectivity index (χ2v) is 10.5. The number of H-pyrrole nitrogens is 1. The number of hydrogen-bond donors (Lipinski definition) is 8. The molecule has 9 N–H and O–H groups in total. The minimum atomic E-state index is -1.28. The number of carbonyl (C=O) groups excluding carboxylic acids is 3. The van der Waals surface area contributed by atoms with Gasteiger partial charge in [-0.2, -0.15) is 0 Å². The maximum absolute atomic E-state index is 13.6. The molecular weight excluding hydrogens is 556 g/mol. The fourth-order valence-electron chi connectivity index (χ4n) is 4.37. The lowest BCUT2D eigenvalue weighted by atomic mass is 9.96. The lowest BCUT2D eigenvalue weighted by Gasteiger charge is -2.28. The van der Waals surface area contributed by atoms with Gasteiger partial charge < -0.3 is 42.0 Å². The minimum absolute atomic E-state index is 0.0240. The van der Waals surface area contributed by atoms with Crippen molar-refractivity contribution in [2.45, 2.75) is 63.7 Å². The molecule has 0 bridgehead atoms. The van der Waals surface area contributed by atoms with E-state index in [0.29, 0.717) is 23.2 Å². The van der Waals surface area contributed by atoms with Gasteiger partial charge in [-0.3, -0.25) is 14.4 Å². The van der Waals surface area contributed by atoms with Crippen LogP contribution in [0.2, 0.25) is 0 Å². The van der Waals surface area contributed by atoms with Gasteiger partial charge in [-0.05, 0) is 47.7 Å². The van der Waals surface area contributed by atoms with Crippen molar-refractivity contribution in [3.63, 3.8) is 0 Å². The number of nitrogens with two attached hydrogens (primary N) is 1. The van der Waals surface area contributed by atoms with Crippen LogP contribution in [-0.2, 0) is 38.4 Å². The van der Waals surface area contributed by atoms with Crippen molar-refractivity contribution in [3.05, 3.63) is 77.9 Å². The molecule has 0 fully saturated rings. The zero-order valence-corrected chi connectivity index (χ0v) is 24.0. The molecule has 5 unspecified atom stereocenters. The number of phenols is 2. The van der Waals surface area contributed by atoms with Crippen molar-refractivity contribution < 1.29 is 34.5 Å². The molecule has 0 saturated carbocycles. The molecule has 0 aliphatic carbocycles. The van der Waals surface area contributed by atoms with Crippen LogP contribution < -0.4 is 21.7 Å².